The average molecular weight is 163 g/mol. The molecule has 12 heavy (non-hydrogen) atoms. The van der Waals surface area contributed by atoms with Gasteiger partial charge < -0.3 is 10.2 Å². The smallest absolute Gasteiger partial charge is 0.132 e. The molecule has 1 N–H and O–H groups in total. The maximum atomic E-state index is 4.35. The van der Waals surface area contributed by atoms with Crippen molar-refractivity contribution in [1.29, 1.82) is 0 Å². The molecule has 0 aromatic carbocycles. The van der Waals surface area contributed by atoms with Gasteiger partial charge in [-0.1, -0.05) is 6.07 Å². The Morgan fingerprint density at radius 1 is 1.67 bits per heavy atom. The van der Waals surface area contributed by atoms with Gasteiger partial charge in [0.25, 0.3) is 0 Å². The zero-order valence-corrected chi connectivity index (χ0v) is 7.25. The average Bonchev–Trinajstić information content (AvgIpc) is 2.50. The number of rotatable bonds is 2. The van der Waals surface area contributed by atoms with E-state index in [0.29, 0.717) is 0 Å². The summed E-state index contributed by atoms with van der Waals surface area (Å²) in [6, 6.07) is 4.15. The van der Waals surface area contributed by atoms with Crippen LogP contribution in [-0.2, 0) is 6.42 Å². The van der Waals surface area contributed by atoms with Crippen LogP contribution >= 0.6 is 0 Å². The molecule has 3 nitrogen and oxygen atoms in total. The lowest BCUT2D eigenvalue weighted by atomic mass is 10.2. The fourth-order valence-corrected chi connectivity index (χ4v) is 1.62. The Morgan fingerprint density at radius 2 is 2.58 bits per heavy atom. The molecule has 64 valence electrons. The van der Waals surface area contributed by atoms with E-state index in [-0.39, 0.29) is 0 Å². The Kier molecular flexibility index (Phi) is 1.96. The lowest BCUT2D eigenvalue weighted by Crippen LogP contribution is -2.30. The molecule has 0 atom stereocenters. The Bertz CT molecular complexity index is 270. The van der Waals surface area contributed by atoms with Crippen molar-refractivity contribution in [2.24, 2.45) is 0 Å². The highest BCUT2D eigenvalue weighted by Gasteiger charge is 2.18. The second-order valence-electron chi connectivity index (χ2n) is 3.01. The molecule has 0 saturated carbocycles. The summed E-state index contributed by atoms with van der Waals surface area (Å²) in [5, 5.41) is 3.14. The predicted octanol–water partition coefficient (Wildman–Crippen LogP) is 0.621. The molecule has 0 amide bonds. The van der Waals surface area contributed by atoms with E-state index in [0.717, 1.165) is 25.5 Å². The molecule has 1 aliphatic heterocycles. The molecular formula is C9H13N3. The van der Waals surface area contributed by atoms with Crippen molar-refractivity contribution in [2.45, 2.75) is 6.42 Å². The molecule has 0 unspecified atom stereocenters. The molecular weight excluding hydrogens is 150 g/mol. The summed E-state index contributed by atoms with van der Waals surface area (Å²) in [4.78, 5) is 6.60. The normalized spacial score (nSPS) is 14.9. The lowest BCUT2D eigenvalue weighted by Gasteiger charge is -2.16. The summed E-state index contributed by atoms with van der Waals surface area (Å²) in [6.07, 6.45) is 2.98. The third-order valence-corrected chi connectivity index (χ3v) is 2.17. The first-order valence-electron chi connectivity index (χ1n) is 4.25. The van der Waals surface area contributed by atoms with Crippen molar-refractivity contribution in [2.75, 3.05) is 25.2 Å². The SMILES string of the molecule is CNCN1CCc2cccnc21. The molecule has 0 aliphatic carbocycles. The quantitative estimate of drug-likeness (QED) is 0.692. The molecule has 2 heterocycles. The van der Waals surface area contributed by atoms with Crippen molar-refractivity contribution >= 4 is 5.82 Å². The number of fused-ring (bicyclic) bond motifs is 1. The molecule has 1 aromatic heterocycles. The minimum Gasteiger partial charge on any atom is -0.343 e. The topological polar surface area (TPSA) is 28.2 Å². The monoisotopic (exact) mass is 163 g/mol. The Labute approximate surface area is 72.4 Å². The summed E-state index contributed by atoms with van der Waals surface area (Å²) >= 11 is 0. The van der Waals surface area contributed by atoms with Gasteiger partial charge in [-0.15, -0.1) is 0 Å². The van der Waals surface area contributed by atoms with E-state index in [1.807, 2.05) is 19.3 Å². The zero-order valence-electron chi connectivity index (χ0n) is 7.25. The third kappa shape index (κ3) is 1.16. The van der Waals surface area contributed by atoms with Gasteiger partial charge >= 0.3 is 0 Å². The van der Waals surface area contributed by atoms with Gasteiger partial charge in [-0.05, 0) is 25.1 Å². The summed E-state index contributed by atoms with van der Waals surface area (Å²) in [5.41, 5.74) is 1.37. The minimum absolute atomic E-state index is 0.893. The summed E-state index contributed by atoms with van der Waals surface area (Å²) < 4.78 is 0. The van der Waals surface area contributed by atoms with Crippen LogP contribution in [0.1, 0.15) is 5.56 Å². The molecule has 0 bridgehead atoms. The van der Waals surface area contributed by atoms with Crippen molar-refractivity contribution < 1.29 is 0 Å². The van der Waals surface area contributed by atoms with Gasteiger partial charge in [0, 0.05) is 12.7 Å². The van der Waals surface area contributed by atoms with Crippen LogP contribution in [0.5, 0.6) is 0 Å². The molecule has 1 aromatic rings. The first-order valence-corrected chi connectivity index (χ1v) is 4.25. The largest absolute Gasteiger partial charge is 0.343 e. The van der Waals surface area contributed by atoms with Crippen LogP contribution in [-0.4, -0.2) is 25.2 Å². The molecule has 1 aliphatic rings. The van der Waals surface area contributed by atoms with Gasteiger partial charge in [0.05, 0.1) is 6.67 Å². The first-order chi connectivity index (χ1) is 5.92. The van der Waals surface area contributed by atoms with Crippen LogP contribution in [0.15, 0.2) is 18.3 Å². The number of pyridine rings is 1. The van der Waals surface area contributed by atoms with Gasteiger partial charge in [-0.2, -0.15) is 0 Å². The molecule has 0 spiro atoms. The number of nitrogens with one attached hydrogen (secondary N) is 1. The van der Waals surface area contributed by atoms with Crippen LogP contribution in [0.25, 0.3) is 0 Å². The Hall–Kier alpha value is -1.09. The summed E-state index contributed by atoms with van der Waals surface area (Å²) in [7, 11) is 1.96. The van der Waals surface area contributed by atoms with Gasteiger partial charge in [0.15, 0.2) is 0 Å². The van der Waals surface area contributed by atoms with Crippen molar-refractivity contribution in [3.8, 4) is 0 Å². The van der Waals surface area contributed by atoms with Crippen molar-refractivity contribution in [3.63, 3.8) is 0 Å². The van der Waals surface area contributed by atoms with Crippen molar-refractivity contribution in [3.05, 3.63) is 23.9 Å². The van der Waals surface area contributed by atoms with Gasteiger partial charge in [-0.3, -0.25) is 0 Å². The zero-order chi connectivity index (χ0) is 8.39. The highest BCUT2D eigenvalue weighted by molar-refractivity contribution is 5.51. The molecule has 0 saturated heterocycles. The highest BCUT2D eigenvalue weighted by Crippen LogP contribution is 2.23. The highest BCUT2D eigenvalue weighted by atomic mass is 15.3. The van der Waals surface area contributed by atoms with E-state index in [1.54, 1.807) is 0 Å². The first kappa shape index (κ1) is 7.55. The second-order valence-corrected chi connectivity index (χ2v) is 3.01. The molecule has 0 fully saturated rings. The summed E-state index contributed by atoms with van der Waals surface area (Å²) in [5.74, 6) is 1.15. The molecule has 2 rings (SSSR count). The van der Waals surface area contributed by atoms with Crippen LogP contribution in [0, 0.1) is 0 Å². The van der Waals surface area contributed by atoms with E-state index in [4.69, 9.17) is 0 Å². The number of hydrogen-bond donors (Lipinski definition) is 1. The lowest BCUT2D eigenvalue weighted by molar-refractivity contribution is 0.732. The number of hydrogen-bond acceptors (Lipinski definition) is 3. The van der Waals surface area contributed by atoms with Gasteiger partial charge in [0.1, 0.15) is 5.82 Å². The van der Waals surface area contributed by atoms with Crippen LogP contribution in [0.2, 0.25) is 0 Å². The third-order valence-electron chi connectivity index (χ3n) is 2.17. The number of anilines is 1. The van der Waals surface area contributed by atoms with Crippen LogP contribution in [0.3, 0.4) is 0 Å². The van der Waals surface area contributed by atoms with E-state index in [1.165, 1.54) is 5.56 Å². The fraction of sp³-hybridized carbons (Fsp3) is 0.444. The standard InChI is InChI=1S/C9H13N3/c1-10-7-12-6-4-8-3-2-5-11-9(8)12/h2-3,5,10H,4,6-7H2,1H3. The van der Waals surface area contributed by atoms with Crippen molar-refractivity contribution in [1.82, 2.24) is 10.3 Å². The minimum atomic E-state index is 0.893. The Balaban J connectivity index is 2.24. The van der Waals surface area contributed by atoms with E-state index in [9.17, 15) is 0 Å². The van der Waals surface area contributed by atoms with E-state index >= 15 is 0 Å². The number of aromatic nitrogens is 1. The number of nitrogens with zero attached hydrogens (tertiary/aromatic N) is 2. The van der Waals surface area contributed by atoms with Gasteiger partial charge in [-0.25, -0.2) is 4.98 Å². The van der Waals surface area contributed by atoms with Gasteiger partial charge in [0.2, 0.25) is 0 Å². The van der Waals surface area contributed by atoms with Crippen LogP contribution in [0.4, 0.5) is 5.82 Å². The fourth-order valence-electron chi connectivity index (χ4n) is 1.62. The van der Waals surface area contributed by atoms with Crippen LogP contribution < -0.4 is 10.2 Å². The maximum Gasteiger partial charge on any atom is 0.132 e. The molecule has 3 heteroatoms. The summed E-state index contributed by atoms with van der Waals surface area (Å²) in [6.45, 7) is 1.98. The molecule has 0 radical (unpaired) electrons. The second kappa shape index (κ2) is 3.11. The van der Waals surface area contributed by atoms with E-state index < -0.39 is 0 Å². The van der Waals surface area contributed by atoms with E-state index in [2.05, 4.69) is 21.3 Å². The Morgan fingerprint density at radius 3 is 3.42 bits per heavy atom. The predicted molar refractivity (Wildman–Crippen MR) is 49.2 cm³/mol. The maximum absolute atomic E-state index is 4.35.